The van der Waals surface area contributed by atoms with Crippen LogP contribution in [0.5, 0.6) is 5.75 Å². The molecular formula is C20H25N3O6S. The lowest BCUT2D eigenvalue weighted by molar-refractivity contribution is -0.120. The van der Waals surface area contributed by atoms with Crippen LogP contribution in [0.15, 0.2) is 53.4 Å². The normalized spacial score (nSPS) is 10.9. The van der Waals surface area contributed by atoms with E-state index in [0.29, 0.717) is 31.2 Å². The zero-order valence-electron chi connectivity index (χ0n) is 16.8. The topological polar surface area (TPSA) is 123 Å². The molecule has 0 aliphatic heterocycles. The molecule has 0 aliphatic rings. The summed E-state index contributed by atoms with van der Waals surface area (Å²) in [6.07, 6.45) is 0. The molecule has 0 spiro atoms. The second-order valence-corrected chi connectivity index (χ2v) is 7.80. The quantitative estimate of drug-likeness (QED) is 0.458. The van der Waals surface area contributed by atoms with Gasteiger partial charge in [-0.25, -0.2) is 8.42 Å². The molecule has 0 bridgehead atoms. The van der Waals surface area contributed by atoms with Crippen molar-refractivity contribution in [1.29, 1.82) is 0 Å². The SMILES string of the molecule is CCOc1ccc(NS(=O)(=O)c2cccc(C(=O)NCC(=O)NCCOC)c2)cc1. The van der Waals surface area contributed by atoms with Gasteiger partial charge in [0.1, 0.15) is 5.75 Å². The van der Waals surface area contributed by atoms with Crippen molar-refractivity contribution in [2.75, 3.05) is 38.1 Å². The molecule has 2 aromatic carbocycles. The number of amides is 2. The molecule has 30 heavy (non-hydrogen) atoms. The number of hydrogen-bond acceptors (Lipinski definition) is 6. The Balaban J connectivity index is 2.02. The fraction of sp³-hybridized carbons (Fsp3) is 0.300. The van der Waals surface area contributed by atoms with Crippen molar-refractivity contribution in [2.45, 2.75) is 11.8 Å². The van der Waals surface area contributed by atoms with E-state index in [2.05, 4.69) is 15.4 Å². The average Bonchev–Trinajstić information content (AvgIpc) is 2.74. The largest absolute Gasteiger partial charge is 0.494 e. The third kappa shape index (κ3) is 7.05. The van der Waals surface area contributed by atoms with E-state index in [0.717, 1.165) is 0 Å². The van der Waals surface area contributed by atoms with Crippen LogP contribution in [-0.2, 0) is 19.6 Å². The predicted molar refractivity (Wildman–Crippen MR) is 112 cm³/mol. The van der Waals surface area contributed by atoms with E-state index in [1.54, 1.807) is 24.3 Å². The summed E-state index contributed by atoms with van der Waals surface area (Å²) in [5, 5.41) is 5.02. The first kappa shape index (κ1) is 23.2. The van der Waals surface area contributed by atoms with E-state index in [1.165, 1.54) is 31.4 Å². The average molecular weight is 436 g/mol. The molecule has 0 saturated carbocycles. The molecule has 162 valence electrons. The summed E-state index contributed by atoms with van der Waals surface area (Å²) < 4.78 is 37.9. The van der Waals surface area contributed by atoms with Gasteiger partial charge in [0, 0.05) is 24.9 Å². The van der Waals surface area contributed by atoms with Crippen LogP contribution in [-0.4, -0.2) is 53.6 Å². The lowest BCUT2D eigenvalue weighted by Crippen LogP contribution is -2.38. The summed E-state index contributed by atoms with van der Waals surface area (Å²) >= 11 is 0. The van der Waals surface area contributed by atoms with E-state index in [1.807, 2.05) is 6.92 Å². The number of nitrogens with one attached hydrogen (secondary N) is 3. The number of sulfonamides is 1. The first-order valence-corrected chi connectivity index (χ1v) is 10.7. The van der Waals surface area contributed by atoms with Crippen molar-refractivity contribution in [3.8, 4) is 5.75 Å². The van der Waals surface area contributed by atoms with Crippen LogP contribution in [0.25, 0.3) is 0 Å². The third-order valence-electron chi connectivity index (χ3n) is 3.86. The molecule has 0 aromatic heterocycles. The van der Waals surface area contributed by atoms with Crippen LogP contribution in [0.3, 0.4) is 0 Å². The minimum atomic E-state index is -3.90. The molecule has 2 rings (SSSR count). The minimum Gasteiger partial charge on any atom is -0.494 e. The third-order valence-corrected chi connectivity index (χ3v) is 5.24. The summed E-state index contributed by atoms with van der Waals surface area (Å²) in [7, 11) is -2.39. The monoisotopic (exact) mass is 435 g/mol. The minimum absolute atomic E-state index is 0.0754. The molecule has 0 heterocycles. The van der Waals surface area contributed by atoms with Crippen molar-refractivity contribution in [3.63, 3.8) is 0 Å². The van der Waals surface area contributed by atoms with Gasteiger partial charge < -0.3 is 20.1 Å². The van der Waals surface area contributed by atoms with Gasteiger partial charge in [0.05, 0.1) is 24.7 Å². The number of anilines is 1. The number of carbonyl (C=O) groups excluding carboxylic acids is 2. The summed E-state index contributed by atoms with van der Waals surface area (Å²) in [6.45, 7) is 2.82. The van der Waals surface area contributed by atoms with Gasteiger partial charge in [-0.3, -0.25) is 14.3 Å². The van der Waals surface area contributed by atoms with Crippen molar-refractivity contribution in [2.24, 2.45) is 0 Å². The summed E-state index contributed by atoms with van der Waals surface area (Å²) in [5.74, 6) is -0.304. The lowest BCUT2D eigenvalue weighted by atomic mass is 10.2. The Kier molecular flexibility index (Phi) is 8.63. The highest BCUT2D eigenvalue weighted by Crippen LogP contribution is 2.20. The van der Waals surface area contributed by atoms with Gasteiger partial charge in [-0.05, 0) is 49.4 Å². The molecular weight excluding hydrogens is 410 g/mol. The van der Waals surface area contributed by atoms with Crippen molar-refractivity contribution < 1.29 is 27.5 Å². The smallest absolute Gasteiger partial charge is 0.261 e. The van der Waals surface area contributed by atoms with E-state index in [9.17, 15) is 18.0 Å². The highest BCUT2D eigenvalue weighted by molar-refractivity contribution is 7.92. The maximum Gasteiger partial charge on any atom is 0.261 e. The second kappa shape index (κ2) is 11.2. The number of rotatable bonds is 11. The summed E-state index contributed by atoms with van der Waals surface area (Å²) in [4.78, 5) is 23.8. The zero-order chi connectivity index (χ0) is 22.0. The Hall–Kier alpha value is -3.11. The van der Waals surface area contributed by atoms with E-state index >= 15 is 0 Å². The van der Waals surface area contributed by atoms with Crippen LogP contribution in [0.4, 0.5) is 5.69 Å². The fourth-order valence-corrected chi connectivity index (χ4v) is 3.53. The molecule has 2 aromatic rings. The molecule has 0 atom stereocenters. The summed E-state index contributed by atoms with van der Waals surface area (Å²) in [6, 6.07) is 12.0. The van der Waals surface area contributed by atoms with Crippen molar-refractivity contribution in [3.05, 3.63) is 54.1 Å². The first-order chi connectivity index (χ1) is 14.4. The Labute approximate surface area is 175 Å². The molecule has 0 aliphatic carbocycles. The van der Waals surface area contributed by atoms with Gasteiger partial charge in [-0.2, -0.15) is 0 Å². The van der Waals surface area contributed by atoms with Crippen molar-refractivity contribution >= 4 is 27.5 Å². The molecule has 9 nitrogen and oxygen atoms in total. The maximum absolute atomic E-state index is 12.6. The molecule has 0 unspecified atom stereocenters. The lowest BCUT2D eigenvalue weighted by Gasteiger charge is -2.11. The molecule has 0 radical (unpaired) electrons. The van der Waals surface area contributed by atoms with Crippen LogP contribution in [0.2, 0.25) is 0 Å². The molecule has 2 amide bonds. The van der Waals surface area contributed by atoms with Gasteiger partial charge in [0.25, 0.3) is 15.9 Å². The molecule has 0 fully saturated rings. The van der Waals surface area contributed by atoms with E-state index < -0.39 is 15.9 Å². The van der Waals surface area contributed by atoms with Gasteiger partial charge in [-0.1, -0.05) is 6.07 Å². The zero-order valence-corrected chi connectivity index (χ0v) is 17.6. The predicted octanol–water partition coefficient (Wildman–Crippen LogP) is 1.38. The Morgan fingerprint density at radius 1 is 1.03 bits per heavy atom. The van der Waals surface area contributed by atoms with Gasteiger partial charge in [0.2, 0.25) is 5.91 Å². The van der Waals surface area contributed by atoms with Crippen LogP contribution < -0.4 is 20.1 Å². The number of carbonyl (C=O) groups is 2. The van der Waals surface area contributed by atoms with E-state index in [4.69, 9.17) is 9.47 Å². The van der Waals surface area contributed by atoms with Crippen LogP contribution >= 0.6 is 0 Å². The van der Waals surface area contributed by atoms with Crippen LogP contribution in [0.1, 0.15) is 17.3 Å². The molecule has 0 saturated heterocycles. The Bertz CT molecular complexity index is 961. The number of hydrogen-bond donors (Lipinski definition) is 3. The highest BCUT2D eigenvalue weighted by Gasteiger charge is 2.17. The first-order valence-electron chi connectivity index (χ1n) is 9.25. The Morgan fingerprint density at radius 3 is 2.43 bits per heavy atom. The van der Waals surface area contributed by atoms with Gasteiger partial charge in [0.15, 0.2) is 0 Å². The standard InChI is InChI=1S/C20H25N3O6S/c1-3-29-17-9-7-16(8-10-17)23-30(26,27)18-6-4-5-15(13-18)20(25)22-14-19(24)21-11-12-28-2/h4-10,13,23H,3,11-12,14H2,1-2H3,(H,21,24)(H,22,25). The number of ether oxygens (including phenoxy) is 2. The summed E-state index contributed by atoms with van der Waals surface area (Å²) in [5.41, 5.74) is 0.482. The van der Waals surface area contributed by atoms with Crippen molar-refractivity contribution in [1.82, 2.24) is 10.6 Å². The number of methoxy groups -OCH3 is 1. The number of benzene rings is 2. The molecule has 10 heteroatoms. The van der Waals surface area contributed by atoms with Gasteiger partial charge in [-0.15, -0.1) is 0 Å². The van der Waals surface area contributed by atoms with Gasteiger partial charge >= 0.3 is 0 Å². The van der Waals surface area contributed by atoms with E-state index in [-0.39, 0.29) is 22.9 Å². The van der Waals surface area contributed by atoms with Crippen LogP contribution in [0, 0.1) is 0 Å². The maximum atomic E-state index is 12.6. The highest BCUT2D eigenvalue weighted by atomic mass is 32.2. The fourth-order valence-electron chi connectivity index (χ4n) is 2.42. The molecule has 3 N–H and O–H groups in total. The second-order valence-electron chi connectivity index (χ2n) is 6.12. The Morgan fingerprint density at radius 2 is 1.77 bits per heavy atom.